The monoisotopic (exact) mass is 820 g/mol. The van der Waals surface area contributed by atoms with Crippen molar-refractivity contribution in [2.45, 2.75) is 90.9 Å². The number of hydrogen-bond acceptors (Lipinski definition) is 11. The quantitative estimate of drug-likeness (QED) is 0.106. The molecule has 8 rings (SSSR count). The molecule has 0 bridgehead atoms. The highest BCUT2D eigenvalue weighted by Crippen LogP contribution is 2.47. The van der Waals surface area contributed by atoms with Gasteiger partial charge in [0.25, 0.3) is 0 Å². The van der Waals surface area contributed by atoms with E-state index < -0.39 is 19.9 Å². The molecule has 6 aromatic heterocycles. The van der Waals surface area contributed by atoms with Crippen LogP contribution in [0.1, 0.15) is 103 Å². The lowest BCUT2D eigenvalue weighted by atomic mass is 9.90. The van der Waals surface area contributed by atoms with E-state index in [2.05, 4.69) is 61.0 Å². The smallest absolute Gasteiger partial charge is 0.214 e. The first-order valence-electron chi connectivity index (χ1n) is 20.8. The number of hydrogen-bond donors (Lipinski definition) is 2. The number of H-pyrrole nitrogens is 2. The molecular weight excluding hydrogens is 765 g/mol. The molecule has 6 atom stereocenters. The second kappa shape index (κ2) is 16.3. The van der Waals surface area contributed by atoms with Gasteiger partial charge in [0.2, 0.25) is 10.0 Å². The maximum absolute atomic E-state index is 13.8. The average molecular weight is 821 g/mol. The van der Waals surface area contributed by atoms with Gasteiger partial charge in [0.05, 0.1) is 34.9 Å². The molecule has 57 heavy (non-hydrogen) atoms. The van der Waals surface area contributed by atoms with Crippen LogP contribution < -0.4 is 0 Å². The van der Waals surface area contributed by atoms with Crippen molar-refractivity contribution in [2.24, 2.45) is 23.7 Å². The van der Waals surface area contributed by atoms with E-state index in [1.807, 2.05) is 45.3 Å². The van der Waals surface area contributed by atoms with Crippen LogP contribution in [0.4, 0.5) is 0 Å². The van der Waals surface area contributed by atoms with Crippen molar-refractivity contribution in [1.29, 1.82) is 0 Å². The van der Waals surface area contributed by atoms with Gasteiger partial charge in [-0.2, -0.15) is 0 Å². The minimum Gasteiger partial charge on any atom is -0.345 e. The molecule has 6 aromatic rings. The molecule has 6 heterocycles. The summed E-state index contributed by atoms with van der Waals surface area (Å²) in [6.07, 6.45) is 13.9. The first kappa shape index (κ1) is 39.8. The van der Waals surface area contributed by atoms with Crippen LogP contribution in [0.5, 0.6) is 0 Å². The van der Waals surface area contributed by atoms with Crippen molar-refractivity contribution in [3.05, 3.63) is 48.6 Å². The second-order valence-electron chi connectivity index (χ2n) is 16.4. The van der Waals surface area contributed by atoms with E-state index in [0.717, 1.165) is 85.3 Å². The Labute approximate surface area is 334 Å². The topological polar surface area (TPSA) is 192 Å². The fourth-order valence-electron chi connectivity index (χ4n) is 10.2. The van der Waals surface area contributed by atoms with Gasteiger partial charge >= 0.3 is 0 Å². The fourth-order valence-corrected chi connectivity index (χ4v) is 14.0. The van der Waals surface area contributed by atoms with Gasteiger partial charge in [0, 0.05) is 37.3 Å². The molecule has 2 fully saturated rings. The third-order valence-electron chi connectivity index (χ3n) is 12.9. The highest BCUT2D eigenvalue weighted by atomic mass is 32.2. The zero-order valence-electron chi connectivity index (χ0n) is 33.5. The lowest BCUT2D eigenvalue weighted by Crippen LogP contribution is -2.34. The van der Waals surface area contributed by atoms with Gasteiger partial charge in [0.15, 0.2) is 32.4 Å². The highest BCUT2D eigenvalue weighted by Gasteiger charge is 2.41. The van der Waals surface area contributed by atoms with E-state index in [-0.39, 0.29) is 47.0 Å². The van der Waals surface area contributed by atoms with Crippen LogP contribution in [-0.4, -0.2) is 119 Å². The maximum Gasteiger partial charge on any atom is 0.214 e. The minimum atomic E-state index is -3.39. The van der Waals surface area contributed by atoms with Crippen LogP contribution >= 0.6 is 0 Å². The molecule has 308 valence electrons. The van der Waals surface area contributed by atoms with Crippen LogP contribution in [-0.2, 0) is 19.9 Å². The van der Waals surface area contributed by atoms with Gasteiger partial charge in [-0.05, 0) is 87.4 Å². The SMILES string of the molecule is CC[C@H]1C[C@H](CS(=O)(=O)CN(CC)CCCC[C@@H]2C[C@@H](CS(=O)(=O)N(CC)CC)C[C@H]2c2nnc3cnc4[nH]ccc4n23)C[C@@H]1c1nnc2cnc3[nH]ccc3n12. The molecule has 16 nitrogen and oxygen atoms in total. The molecule has 0 unspecified atom stereocenters. The lowest BCUT2D eigenvalue weighted by molar-refractivity contribution is 0.310. The number of sulfonamides is 1. The summed E-state index contributed by atoms with van der Waals surface area (Å²) in [6.45, 7) is 10.3. The summed E-state index contributed by atoms with van der Waals surface area (Å²) in [5, 5.41) is 18.2. The first-order chi connectivity index (χ1) is 27.5. The Bertz CT molecular complexity index is 2540. The van der Waals surface area contributed by atoms with Gasteiger partial charge in [-0.25, -0.2) is 31.1 Å². The molecule has 2 aliphatic carbocycles. The number of nitrogens with one attached hydrogen (secondary N) is 2. The summed E-state index contributed by atoms with van der Waals surface area (Å²) in [5.41, 5.74) is 4.76. The number of nitrogens with zero attached hydrogens (tertiary/aromatic N) is 10. The first-order valence-corrected chi connectivity index (χ1v) is 24.2. The maximum atomic E-state index is 13.8. The van der Waals surface area contributed by atoms with Crippen LogP contribution in [0.3, 0.4) is 0 Å². The molecule has 0 amide bonds. The molecule has 0 radical (unpaired) electrons. The summed E-state index contributed by atoms with van der Waals surface area (Å²) < 4.78 is 60.0. The normalized spacial score (nSPS) is 23.5. The number of unbranched alkanes of at least 4 members (excludes halogenated alkanes) is 1. The zero-order valence-corrected chi connectivity index (χ0v) is 35.1. The lowest BCUT2D eigenvalue weighted by Gasteiger charge is -2.22. The van der Waals surface area contributed by atoms with Crippen molar-refractivity contribution >= 4 is 53.5 Å². The van der Waals surface area contributed by atoms with E-state index in [4.69, 9.17) is 0 Å². The number of aromatic amines is 2. The molecule has 0 spiro atoms. The Morgan fingerprint density at radius 1 is 0.702 bits per heavy atom. The third-order valence-corrected chi connectivity index (χ3v) is 16.8. The molecule has 0 aromatic carbocycles. The molecule has 2 aliphatic rings. The predicted octanol–water partition coefficient (Wildman–Crippen LogP) is 5.39. The molecule has 2 saturated carbocycles. The van der Waals surface area contributed by atoms with Gasteiger partial charge < -0.3 is 9.97 Å². The Hall–Kier alpha value is -4.00. The predicted molar refractivity (Wildman–Crippen MR) is 220 cm³/mol. The molecule has 18 heteroatoms. The fraction of sp³-hybridized carbons (Fsp3) is 0.641. The van der Waals surface area contributed by atoms with Crippen molar-refractivity contribution in [3.63, 3.8) is 0 Å². The Balaban J connectivity index is 0.905. The summed E-state index contributed by atoms with van der Waals surface area (Å²) in [4.78, 5) is 17.4. The van der Waals surface area contributed by atoms with Gasteiger partial charge in [-0.1, -0.05) is 40.5 Å². The molecule has 2 N–H and O–H groups in total. The van der Waals surface area contributed by atoms with Crippen molar-refractivity contribution in [1.82, 2.24) is 58.3 Å². The van der Waals surface area contributed by atoms with Crippen molar-refractivity contribution in [3.8, 4) is 0 Å². The van der Waals surface area contributed by atoms with E-state index in [0.29, 0.717) is 43.4 Å². The van der Waals surface area contributed by atoms with E-state index in [1.54, 1.807) is 16.7 Å². The average Bonchev–Trinajstić information content (AvgIpc) is 4.03. The van der Waals surface area contributed by atoms with Crippen LogP contribution in [0.15, 0.2) is 36.9 Å². The Morgan fingerprint density at radius 2 is 1.26 bits per heavy atom. The number of aromatic nitrogens is 10. The Kier molecular flexibility index (Phi) is 11.4. The summed E-state index contributed by atoms with van der Waals surface area (Å²) in [7, 11) is -6.74. The van der Waals surface area contributed by atoms with E-state index in [9.17, 15) is 16.8 Å². The van der Waals surface area contributed by atoms with Crippen molar-refractivity contribution < 1.29 is 16.8 Å². The van der Waals surface area contributed by atoms with Crippen LogP contribution in [0.2, 0.25) is 0 Å². The van der Waals surface area contributed by atoms with Crippen LogP contribution in [0.25, 0.3) is 33.6 Å². The van der Waals surface area contributed by atoms with Crippen LogP contribution in [0, 0.1) is 23.7 Å². The van der Waals surface area contributed by atoms with E-state index in [1.165, 1.54) is 0 Å². The second-order valence-corrected chi connectivity index (χ2v) is 20.5. The molecular formula is C39H56N12O4S2. The largest absolute Gasteiger partial charge is 0.345 e. The molecule has 0 aliphatic heterocycles. The highest BCUT2D eigenvalue weighted by molar-refractivity contribution is 7.91. The van der Waals surface area contributed by atoms with E-state index >= 15 is 0 Å². The summed E-state index contributed by atoms with van der Waals surface area (Å²) in [6, 6.07) is 3.97. The zero-order chi connectivity index (χ0) is 39.9. The van der Waals surface area contributed by atoms with Gasteiger partial charge in [-0.15, -0.1) is 20.4 Å². The van der Waals surface area contributed by atoms with Gasteiger partial charge in [-0.3, -0.25) is 13.7 Å². The summed E-state index contributed by atoms with van der Waals surface area (Å²) >= 11 is 0. The number of fused-ring (bicyclic) bond motifs is 6. The Morgan fingerprint density at radius 3 is 1.82 bits per heavy atom. The van der Waals surface area contributed by atoms with Gasteiger partial charge in [0.1, 0.15) is 17.5 Å². The molecule has 0 saturated heterocycles. The number of rotatable bonds is 18. The summed E-state index contributed by atoms with van der Waals surface area (Å²) in [5.74, 6) is 2.92. The third kappa shape index (κ3) is 7.93. The standard InChI is InChI=1S/C39H56N12O4S2/c1-5-28-17-26(19-30(28)38-46-44-34-21-42-36-32(50(34)38)12-14-40-36)23-56(52,53)25-48(6-2)16-10-9-11-29-18-27(24-57(54,55)49(7-3)8-4)20-31(29)39-47-45-35-22-43-37-33(51(35)39)13-15-41-37/h12-15,21-22,26-31,40-41H,5-11,16-20,23-25H2,1-4H3/t26-,27+,28-,29+,30-,31+/m0/s1. The number of sulfone groups is 1. The van der Waals surface area contributed by atoms with Crippen molar-refractivity contribution in [2.75, 3.05) is 43.6 Å². The minimum absolute atomic E-state index is 0.0106.